The highest BCUT2D eigenvalue weighted by molar-refractivity contribution is 6.33. The molecule has 0 saturated carbocycles. The molecule has 0 fully saturated rings. The summed E-state index contributed by atoms with van der Waals surface area (Å²) in [6.07, 6.45) is 1.20. The lowest BCUT2D eigenvalue weighted by atomic mass is 10.3. The molecule has 1 heterocycles. The van der Waals surface area contributed by atoms with Crippen molar-refractivity contribution in [1.29, 1.82) is 0 Å². The molecule has 5 nitrogen and oxygen atoms in total. The number of aromatic carboxylic acids is 1. The smallest absolute Gasteiger partial charge is 0.337 e. The van der Waals surface area contributed by atoms with E-state index in [-0.39, 0.29) is 23.7 Å². The quantitative estimate of drug-likeness (QED) is 0.682. The lowest BCUT2D eigenvalue weighted by Gasteiger charge is -2.04. The third-order valence-electron chi connectivity index (χ3n) is 1.64. The zero-order chi connectivity index (χ0) is 12.0. The molecule has 0 saturated heterocycles. The van der Waals surface area contributed by atoms with Gasteiger partial charge in [0, 0.05) is 6.20 Å². The number of nitrogens with zero attached hydrogens (tertiary/aromatic N) is 1. The Morgan fingerprint density at radius 2 is 2.31 bits per heavy atom. The van der Waals surface area contributed by atoms with Gasteiger partial charge < -0.3 is 15.5 Å². The van der Waals surface area contributed by atoms with E-state index in [2.05, 4.69) is 22.1 Å². The van der Waals surface area contributed by atoms with Crippen molar-refractivity contribution in [2.75, 3.05) is 18.5 Å². The third-order valence-corrected chi connectivity index (χ3v) is 1.92. The van der Waals surface area contributed by atoms with E-state index in [1.165, 1.54) is 12.3 Å². The molecule has 0 amide bonds. The number of aromatic nitrogens is 1. The highest BCUT2D eigenvalue weighted by Crippen LogP contribution is 2.19. The van der Waals surface area contributed by atoms with Crippen LogP contribution in [-0.4, -0.2) is 34.3 Å². The van der Waals surface area contributed by atoms with Gasteiger partial charge in [0.15, 0.2) is 0 Å². The highest BCUT2D eigenvalue weighted by Gasteiger charge is 2.07. The number of halogens is 1. The molecule has 0 spiro atoms. The largest absolute Gasteiger partial charge is 0.478 e. The molecule has 0 unspecified atom stereocenters. The molecule has 0 radical (unpaired) electrons. The molecule has 84 valence electrons. The average molecular weight is 241 g/mol. The van der Waals surface area contributed by atoms with Crippen LogP contribution >= 0.6 is 11.6 Å². The van der Waals surface area contributed by atoms with E-state index in [0.717, 1.165) is 0 Å². The minimum absolute atomic E-state index is 0.0250. The standard InChI is InChI=1S/C10H9ClN2O3/c11-8-5-7(10(15)16)6-13-9(8)12-3-1-2-4-14/h5-6,14H,3-4H2,(H,12,13)(H,15,16). The molecule has 0 bridgehead atoms. The number of rotatable bonds is 3. The zero-order valence-electron chi connectivity index (χ0n) is 8.20. The van der Waals surface area contributed by atoms with Gasteiger partial charge in [-0.25, -0.2) is 9.78 Å². The summed E-state index contributed by atoms with van der Waals surface area (Å²) in [5.41, 5.74) is 0.0250. The van der Waals surface area contributed by atoms with Crippen molar-refractivity contribution in [2.24, 2.45) is 0 Å². The second kappa shape index (κ2) is 5.95. The summed E-state index contributed by atoms with van der Waals surface area (Å²) in [7, 11) is 0. The summed E-state index contributed by atoms with van der Waals surface area (Å²) in [4.78, 5) is 14.4. The number of carboxylic acids is 1. The Hall–Kier alpha value is -1.77. The number of anilines is 1. The van der Waals surface area contributed by atoms with Crippen LogP contribution < -0.4 is 5.32 Å². The van der Waals surface area contributed by atoms with Crippen LogP contribution in [0.4, 0.5) is 5.82 Å². The van der Waals surface area contributed by atoms with E-state index in [9.17, 15) is 4.79 Å². The minimum Gasteiger partial charge on any atom is -0.478 e. The summed E-state index contributed by atoms with van der Waals surface area (Å²) in [6, 6.07) is 1.30. The number of nitrogens with one attached hydrogen (secondary N) is 1. The number of carboxylic acid groups (broad SMARTS) is 1. The van der Waals surface area contributed by atoms with Gasteiger partial charge in [-0.1, -0.05) is 23.4 Å². The van der Waals surface area contributed by atoms with Gasteiger partial charge in [0.05, 0.1) is 17.1 Å². The maximum Gasteiger partial charge on any atom is 0.337 e. The van der Waals surface area contributed by atoms with E-state index in [0.29, 0.717) is 5.82 Å². The summed E-state index contributed by atoms with van der Waals surface area (Å²) in [5.74, 6) is 4.35. The van der Waals surface area contributed by atoms with Crippen LogP contribution in [0.3, 0.4) is 0 Å². The maximum absolute atomic E-state index is 10.6. The topological polar surface area (TPSA) is 82.5 Å². The van der Waals surface area contributed by atoms with Crippen LogP contribution in [0, 0.1) is 11.8 Å². The lowest BCUT2D eigenvalue weighted by molar-refractivity contribution is 0.0696. The van der Waals surface area contributed by atoms with Gasteiger partial charge in [-0.2, -0.15) is 0 Å². The molecule has 0 aliphatic heterocycles. The number of aliphatic hydroxyl groups is 1. The highest BCUT2D eigenvalue weighted by atomic mass is 35.5. The van der Waals surface area contributed by atoms with Crippen LogP contribution in [0.25, 0.3) is 0 Å². The summed E-state index contributed by atoms with van der Waals surface area (Å²) in [6.45, 7) is 0.0699. The normalized spacial score (nSPS) is 9.12. The molecule has 0 aliphatic carbocycles. The van der Waals surface area contributed by atoms with Gasteiger partial charge in [-0.3, -0.25) is 0 Å². The molecule has 6 heteroatoms. The molecule has 0 atom stereocenters. The SMILES string of the molecule is O=C(O)c1cnc(NCC#CCO)c(Cl)c1. The number of hydrogen-bond acceptors (Lipinski definition) is 4. The number of hydrogen-bond donors (Lipinski definition) is 3. The van der Waals surface area contributed by atoms with Gasteiger partial charge in [0.1, 0.15) is 12.4 Å². The van der Waals surface area contributed by atoms with Crippen LogP contribution in [0.5, 0.6) is 0 Å². The second-order valence-corrected chi connectivity index (χ2v) is 3.13. The van der Waals surface area contributed by atoms with Gasteiger partial charge in [-0.15, -0.1) is 0 Å². The molecule has 0 aliphatic rings. The fraction of sp³-hybridized carbons (Fsp3) is 0.200. The van der Waals surface area contributed by atoms with Gasteiger partial charge in [0.25, 0.3) is 0 Å². The van der Waals surface area contributed by atoms with Crippen molar-refractivity contribution >= 4 is 23.4 Å². The van der Waals surface area contributed by atoms with Crippen molar-refractivity contribution in [1.82, 2.24) is 4.98 Å². The predicted octanol–water partition coefficient (Wildman–Crippen LogP) is 0.841. The first-order valence-corrected chi connectivity index (χ1v) is 4.72. The Morgan fingerprint density at radius 3 is 2.88 bits per heavy atom. The van der Waals surface area contributed by atoms with E-state index in [1.54, 1.807) is 0 Å². The van der Waals surface area contributed by atoms with Crippen molar-refractivity contribution < 1.29 is 15.0 Å². The van der Waals surface area contributed by atoms with Crippen molar-refractivity contribution in [3.05, 3.63) is 22.8 Å². The first-order valence-electron chi connectivity index (χ1n) is 4.34. The molecule has 3 N–H and O–H groups in total. The van der Waals surface area contributed by atoms with Crippen molar-refractivity contribution in [3.63, 3.8) is 0 Å². The van der Waals surface area contributed by atoms with Crippen molar-refractivity contribution in [3.8, 4) is 11.8 Å². The fourth-order valence-corrected chi connectivity index (χ4v) is 1.16. The Balaban J connectivity index is 2.72. The molecule has 0 aromatic carbocycles. The summed E-state index contributed by atoms with van der Waals surface area (Å²) < 4.78 is 0. The predicted molar refractivity (Wildman–Crippen MR) is 59.6 cm³/mol. The Labute approximate surface area is 97.1 Å². The third kappa shape index (κ3) is 3.42. The monoisotopic (exact) mass is 240 g/mol. The van der Waals surface area contributed by atoms with E-state index in [1.807, 2.05) is 0 Å². The molecule has 1 aromatic heterocycles. The Morgan fingerprint density at radius 1 is 1.56 bits per heavy atom. The van der Waals surface area contributed by atoms with Gasteiger partial charge >= 0.3 is 5.97 Å². The van der Waals surface area contributed by atoms with Crippen LogP contribution in [0.2, 0.25) is 5.02 Å². The number of carbonyl (C=O) groups is 1. The first kappa shape index (κ1) is 12.3. The zero-order valence-corrected chi connectivity index (χ0v) is 8.95. The first-order chi connectivity index (χ1) is 7.65. The summed E-state index contributed by atoms with van der Waals surface area (Å²) in [5, 5.41) is 20.1. The average Bonchev–Trinajstić information content (AvgIpc) is 2.26. The summed E-state index contributed by atoms with van der Waals surface area (Å²) >= 11 is 5.80. The van der Waals surface area contributed by atoms with Crippen LogP contribution in [0.1, 0.15) is 10.4 Å². The van der Waals surface area contributed by atoms with Crippen LogP contribution in [-0.2, 0) is 0 Å². The van der Waals surface area contributed by atoms with Crippen molar-refractivity contribution in [2.45, 2.75) is 0 Å². The Kier molecular flexibility index (Phi) is 4.58. The fourth-order valence-electron chi connectivity index (χ4n) is 0.931. The number of pyridine rings is 1. The van der Waals surface area contributed by atoms with Gasteiger partial charge in [0.2, 0.25) is 0 Å². The molecule has 1 rings (SSSR count). The molecule has 1 aromatic rings. The second-order valence-electron chi connectivity index (χ2n) is 2.72. The number of aliphatic hydroxyl groups excluding tert-OH is 1. The molecular weight excluding hydrogens is 232 g/mol. The van der Waals surface area contributed by atoms with E-state index >= 15 is 0 Å². The van der Waals surface area contributed by atoms with E-state index < -0.39 is 5.97 Å². The van der Waals surface area contributed by atoms with Gasteiger partial charge in [-0.05, 0) is 6.07 Å². The van der Waals surface area contributed by atoms with E-state index in [4.69, 9.17) is 21.8 Å². The minimum atomic E-state index is -1.08. The Bertz CT molecular complexity index is 451. The lowest BCUT2D eigenvalue weighted by Crippen LogP contribution is -2.04. The molecule has 16 heavy (non-hydrogen) atoms. The van der Waals surface area contributed by atoms with Crippen LogP contribution in [0.15, 0.2) is 12.3 Å². The molecular formula is C10H9ClN2O3. The maximum atomic E-state index is 10.6.